The molecule has 0 unspecified atom stereocenters. The largest absolute Gasteiger partial charge is 0.497 e. The number of aliphatic hydroxyl groups is 1. The molecule has 0 bridgehead atoms. The number of ketones is 1. The summed E-state index contributed by atoms with van der Waals surface area (Å²) in [6, 6.07) is 13.9. The van der Waals surface area contributed by atoms with Gasteiger partial charge in [0.1, 0.15) is 18.8 Å². The van der Waals surface area contributed by atoms with Gasteiger partial charge in [-0.2, -0.15) is 0 Å². The third-order valence-electron chi connectivity index (χ3n) is 5.63. The lowest BCUT2D eigenvalue weighted by atomic mass is 9.88. The molecule has 0 saturated carbocycles. The quantitative estimate of drug-likeness (QED) is 0.689. The Morgan fingerprint density at radius 2 is 1.97 bits per heavy atom. The maximum atomic E-state index is 13.3. The number of nitrogens with one attached hydrogen (secondary N) is 1. The van der Waals surface area contributed by atoms with Crippen molar-refractivity contribution in [1.82, 2.24) is 0 Å². The van der Waals surface area contributed by atoms with Crippen LogP contribution in [0.4, 0.5) is 5.69 Å². The van der Waals surface area contributed by atoms with Gasteiger partial charge in [0.2, 0.25) is 0 Å². The molecule has 1 amide bonds. The van der Waals surface area contributed by atoms with Crippen LogP contribution in [-0.2, 0) is 15.1 Å². The summed E-state index contributed by atoms with van der Waals surface area (Å²) in [6.45, 7) is 3.34. The normalized spacial score (nSPS) is 21.9. The first kappa shape index (κ1) is 19.6. The van der Waals surface area contributed by atoms with Gasteiger partial charge >= 0.3 is 0 Å². The third-order valence-corrected chi connectivity index (χ3v) is 5.63. The molecule has 0 radical (unpaired) electrons. The van der Waals surface area contributed by atoms with E-state index in [2.05, 4.69) is 0 Å². The molecule has 7 nitrogen and oxygen atoms in total. The summed E-state index contributed by atoms with van der Waals surface area (Å²) in [4.78, 5) is 29.0. The van der Waals surface area contributed by atoms with Gasteiger partial charge in [0.25, 0.3) is 5.91 Å². The molecule has 4 rings (SSSR count). The van der Waals surface area contributed by atoms with Crippen LogP contribution >= 0.6 is 0 Å². The molecule has 29 heavy (non-hydrogen) atoms. The number of anilines is 1. The highest BCUT2D eigenvalue weighted by atomic mass is 16.5. The average molecular weight is 397 g/mol. The first-order chi connectivity index (χ1) is 14.0. The molecular formula is C22H25N2O5+. The van der Waals surface area contributed by atoms with Crippen molar-refractivity contribution in [2.24, 2.45) is 0 Å². The van der Waals surface area contributed by atoms with Crippen LogP contribution in [0.5, 0.6) is 5.75 Å². The Morgan fingerprint density at radius 1 is 1.21 bits per heavy atom. The molecular weight excluding hydrogens is 372 g/mol. The summed E-state index contributed by atoms with van der Waals surface area (Å²) >= 11 is 0. The van der Waals surface area contributed by atoms with E-state index in [0.717, 1.165) is 13.1 Å². The van der Waals surface area contributed by atoms with Crippen LogP contribution in [0.2, 0.25) is 0 Å². The van der Waals surface area contributed by atoms with Gasteiger partial charge in [0.05, 0.1) is 32.4 Å². The van der Waals surface area contributed by atoms with Crippen LogP contribution in [0.25, 0.3) is 0 Å². The Labute approximate surface area is 169 Å². The molecule has 2 N–H and O–H groups in total. The summed E-state index contributed by atoms with van der Waals surface area (Å²) in [5.41, 5.74) is -0.325. The van der Waals surface area contributed by atoms with E-state index >= 15 is 0 Å². The second-order valence-electron chi connectivity index (χ2n) is 7.46. The number of ether oxygens (including phenoxy) is 2. The molecule has 1 atom stereocenters. The van der Waals surface area contributed by atoms with Crippen molar-refractivity contribution in [2.45, 2.75) is 12.0 Å². The lowest BCUT2D eigenvalue weighted by Gasteiger charge is -2.29. The average Bonchev–Trinajstić information content (AvgIpc) is 2.96. The van der Waals surface area contributed by atoms with Crippen molar-refractivity contribution < 1.29 is 29.1 Å². The molecule has 2 aromatic rings. The molecule has 2 aliphatic rings. The Balaban J connectivity index is 1.61. The Bertz CT molecular complexity index is 925. The van der Waals surface area contributed by atoms with E-state index in [0.29, 0.717) is 42.4 Å². The van der Waals surface area contributed by atoms with E-state index in [-0.39, 0.29) is 12.2 Å². The van der Waals surface area contributed by atoms with E-state index in [1.807, 2.05) is 12.1 Å². The van der Waals surface area contributed by atoms with E-state index in [1.54, 1.807) is 41.3 Å². The minimum Gasteiger partial charge on any atom is -0.497 e. The molecule has 7 heteroatoms. The van der Waals surface area contributed by atoms with Crippen molar-refractivity contribution in [2.75, 3.05) is 45.0 Å². The zero-order chi connectivity index (χ0) is 20.4. The number of benzene rings is 2. The minimum atomic E-state index is -1.87. The lowest BCUT2D eigenvalue weighted by Crippen LogP contribution is -3.15. The number of carbonyl (C=O) groups excluding carboxylic acids is 2. The predicted octanol–water partition coefficient (Wildman–Crippen LogP) is 0.375. The van der Waals surface area contributed by atoms with Crippen LogP contribution in [0.15, 0.2) is 48.5 Å². The van der Waals surface area contributed by atoms with Gasteiger partial charge in [-0.15, -0.1) is 0 Å². The standard InChI is InChI=1S/C22H24N2O5/c1-28-17-6-4-5-16(13-17)20(25)14-22(27)18-7-2-3-8-19(18)24(21(22)26)15-23-9-11-29-12-10-23/h2-8,13,27H,9-12,14-15H2,1H3/p+1/t22-/m0/s1. The molecule has 2 aliphatic heterocycles. The van der Waals surface area contributed by atoms with Crippen molar-refractivity contribution in [3.05, 3.63) is 59.7 Å². The van der Waals surface area contributed by atoms with Crippen LogP contribution in [0.3, 0.4) is 0 Å². The van der Waals surface area contributed by atoms with Crippen LogP contribution in [0.1, 0.15) is 22.3 Å². The van der Waals surface area contributed by atoms with Crippen LogP contribution in [-0.4, -0.2) is 56.9 Å². The summed E-state index contributed by atoms with van der Waals surface area (Å²) in [6.07, 6.45) is -0.315. The molecule has 0 spiro atoms. The smallest absolute Gasteiger partial charge is 0.268 e. The number of quaternary nitrogens is 1. The highest BCUT2D eigenvalue weighted by Crippen LogP contribution is 2.42. The van der Waals surface area contributed by atoms with Crippen molar-refractivity contribution >= 4 is 17.4 Å². The number of carbonyl (C=O) groups is 2. The number of Topliss-reactive ketones (excluding diaryl/α,β-unsaturated/α-hetero) is 1. The first-order valence-electron chi connectivity index (χ1n) is 9.75. The summed E-state index contributed by atoms with van der Waals surface area (Å²) in [7, 11) is 1.53. The van der Waals surface area contributed by atoms with Gasteiger partial charge in [-0.25, -0.2) is 0 Å². The maximum Gasteiger partial charge on any atom is 0.268 e. The molecule has 2 heterocycles. The Kier molecular flexibility index (Phi) is 5.36. The van der Waals surface area contributed by atoms with Gasteiger partial charge in [0, 0.05) is 11.1 Å². The highest BCUT2D eigenvalue weighted by molar-refractivity contribution is 6.10. The predicted molar refractivity (Wildman–Crippen MR) is 106 cm³/mol. The van der Waals surface area contributed by atoms with Gasteiger partial charge in [-0.1, -0.05) is 30.3 Å². The molecule has 152 valence electrons. The van der Waals surface area contributed by atoms with Crippen LogP contribution in [0, 0.1) is 0 Å². The number of fused-ring (bicyclic) bond motifs is 1. The Morgan fingerprint density at radius 3 is 2.72 bits per heavy atom. The first-order valence-corrected chi connectivity index (χ1v) is 9.75. The van der Waals surface area contributed by atoms with E-state index in [1.165, 1.54) is 12.0 Å². The lowest BCUT2D eigenvalue weighted by molar-refractivity contribution is -0.906. The second kappa shape index (κ2) is 7.94. The maximum absolute atomic E-state index is 13.3. The molecule has 0 aromatic heterocycles. The van der Waals surface area contributed by atoms with E-state index < -0.39 is 11.5 Å². The molecule has 2 aromatic carbocycles. The van der Waals surface area contributed by atoms with Gasteiger partial charge < -0.3 is 19.5 Å². The fraction of sp³-hybridized carbons (Fsp3) is 0.364. The zero-order valence-corrected chi connectivity index (χ0v) is 16.4. The molecule has 0 aliphatic carbocycles. The number of rotatable bonds is 6. The fourth-order valence-corrected chi connectivity index (χ4v) is 4.01. The highest BCUT2D eigenvalue weighted by Gasteiger charge is 2.51. The summed E-state index contributed by atoms with van der Waals surface area (Å²) in [5, 5.41) is 11.4. The van der Waals surface area contributed by atoms with Gasteiger partial charge in [-0.3, -0.25) is 14.5 Å². The van der Waals surface area contributed by atoms with Gasteiger partial charge in [0.15, 0.2) is 18.1 Å². The number of para-hydroxylation sites is 1. The van der Waals surface area contributed by atoms with Gasteiger partial charge in [-0.05, 0) is 18.2 Å². The van der Waals surface area contributed by atoms with Crippen LogP contribution < -0.4 is 14.5 Å². The van der Waals surface area contributed by atoms with Crippen molar-refractivity contribution in [1.29, 1.82) is 0 Å². The Hall–Kier alpha value is -2.74. The SMILES string of the molecule is COc1cccc(C(=O)C[C@@]2(O)C(=O)N(C[NH+]3CCOCC3)c3ccccc32)c1. The zero-order valence-electron chi connectivity index (χ0n) is 16.4. The van der Waals surface area contributed by atoms with Crippen molar-refractivity contribution in [3.8, 4) is 5.75 Å². The summed E-state index contributed by atoms with van der Waals surface area (Å²) in [5.74, 6) is -0.206. The van der Waals surface area contributed by atoms with Crippen molar-refractivity contribution in [3.63, 3.8) is 0 Å². The minimum absolute atomic E-state index is 0.310. The summed E-state index contributed by atoms with van der Waals surface area (Å²) < 4.78 is 10.6. The topological polar surface area (TPSA) is 80.5 Å². The van der Waals surface area contributed by atoms with E-state index in [9.17, 15) is 14.7 Å². The monoisotopic (exact) mass is 397 g/mol. The van der Waals surface area contributed by atoms with E-state index in [4.69, 9.17) is 9.47 Å². The number of methoxy groups -OCH3 is 1. The fourth-order valence-electron chi connectivity index (χ4n) is 4.01. The number of hydrogen-bond acceptors (Lipinski definition) is 5. The number of nitrogens with zero attached hydrogens (tertiary/aromatic N) is 1. The number of amides is 1. The molecule has 1 saturated heterocycles. The second-order valence-corrected chi connectivity index (χ2v) is 7.46. The third kappa shape index (κ3) is 3.64. The number of morpholine rings is 1. The molecule has 1 fully saturated rings. The number of hydrogen-bond donors (Lipinski definition) is 2.